The second kappa shape index (κ2) is 17.0. The summed E-state index contributed by atoms with van der Waals surface area (Å²) < 4.78 is 9.63. The highest BCUT2D eigenvalue weighted by molar-refractivity contribution is 7.27. The zero-order valence-corrected chi connectivity index (χ0v) is 42.2. The molecule has 6 aromatic heterocycles. The van der Waals surface area contributed by atoms with E-state index in [1.165, 1.54) is 79.3 Å². The molecule has 10 aromatic carbocycles. The van der Waals surface area contributed by atoms with Crippen LogP contribution in [0.4, 0.5) is 0 Å². The van der Waals surface area contributed by atoms with Crippen molar-refractivity contribution in [2.24, 2.45) is 0 Å². The van der Waals surface area contributed by atoms with E-state index in [1.54, 1.807) is 0 Å². The van der Waals surface area contributed by atoms with Gasteiger partial charge >= 0.3 is 0 Å². The summed E-state index contributed by atoms with van der Waals surface area (Å²) in [7, 11) is 0. The molecule has 0 aliphatic rings. The smallest absolute Gasteiger partial charge is 0.166 e. The molecule has 16 rings (SSSR count). The molecule has 0 fully saturated rings. The summed E-state index contributed by atoms with van der Waals surface area (Å²) in [6.45, 7) is 0. The maximum Gasteiger partial charge on any atom is 0.166 e. The molecule has 16 aromatic rings. The summed E-state index contributed by atoms with van der Waals surface area (Å²) in [5.74, 6) is 1.76. The van der Waals surface area contributed by atoms with E-state index in [2.05, 4.69) is 216 Å². The van der Waals surface area contributed by atoms with Gasteiger partial charge in [-0.1, -0.05) is 170 Å². The Bertz CT molecular complexity index is 4920. The summed E-state index contributed by atoms with van der Waals surface area (Å²) in [6.07, 6.45) is 2.06. The minimum Gasteiger partial charge on any atom is -0.309 e. The predicted molar refractivity (Wildman–Crippen MR) is 319 cm³/mol. The monoisotopic (exact) mass is 1000 g/mol. The van der Waals surface area contributed by atoms with Gasteiger partial charge in [-0.3, -0.25) is 4.98 Å². The summed E-state index contributed by atoms with van der Waals surface area (Å²) in [5.41, 5.74) is 13.6. The van der Waals surface area contributed by atoms with Crippen molar-refractivity contribution in [3.8, 4) is 67.9 Å². The molecule has 0 radical (unpaired) electrons. The molecule has 76 heavy (non-hydrogen) atoms. The maximum atomic E-state index is 5.57. The van der Waals surface area contributed by atoms with E-state index in [-0.39, 0.29) is 0 Å². The Morgan fingerprint density at radius 2 is 0.737 bits per heavy atom. The number of hydrogen-bond acceptors (Lipinski definition) is 6. The molecular weight excluding hydrogens is 965 g/mol. The molecule has 0 unspecified atom stereocenters. The molecule has 6 heterocycles. The van der Waals surface area contributed by atoms with E-state index in [0.29, 0.717) is 17.5 Å². The lowest BCUT2D eigenvalue weighted by Crippen LogP contribution is -2.02. The highest BCUT2D eigenvalue weighted by Crippen LogP contribution is 2.49. The minimum atomic E-state index is 0.558. The lowest BCUT2D eigenvalue weighted by atomic mass is 9.97. The summed E-state index contributed by atoms with van der Waals surface area (Å²) in [6, 6.07) is 84.3. The van der Waals surface area contributed by atoms with Gasteiger partial charge in [-0.05, 0) is 66.7 Å². The first-order chi connectivity index (χ1) is 37.7. The van der Waals surface area contributed by atoms with Crippen LogP contribution < -0.4 is 0 Å². The molecule has 354 valence electrons. The topological polar surface area (TPSA) is 61.4 Å². The Balaban J connectivity index is 0.957. The molecule has 0 N–H and O–H groups in total. The molecule has 0 saturated heterocycles. The van der Waals surface area contributed by atoms with Crippen LogP contribution in [0.1, 0.15) is 0 Å². The zero-order valence-electron chi connectivity index (χ0n) is 40.6. The average Bonchev–Trinajstić information content (AvgIpc) is 4.32. The van der Waals surface area contributed by atoms with Crippen molar-refractivity contribution in [2.75, 3.05) is 0 Å². The largest absolute Gasteiger partial charge is 0.309 e. The number of aromatic nitrogens is 6. The first kappa shape index (κ1) is 42.9. The Hall–Kier alpha value is -9.60. The van der Waals surface area contributed by atoms with E-state index in [4.69, 9.17) is 19.9 Å². The van der Waals surface area contributed by atoms with E-state index in [1.807, 2.05) is 59.1 Å². The van der Waals surface area contributed by atoms with Gasteiger partial charge in [0, 0.05) is 113 Å². The molecule has 0 bridgehead atoms. The highest BCUT2D eigenvalue weighted by atomic mass is 32.1. The third kappa shape index (κ3) is 6.51. The number of benzene rings is 10. The van der Waals surface area contributed by atoms with Gasteiger partial charge in [0.05, 0.1) is 27.8 Å². The number of hydrogen-bond donors (Lipinski definition) is 0. The second-order valence-corrected chi connectivity index (χ2v) is 21.4. The SMILES string of the molecule is c1ccc(-c2nc(-c3ccccc3)nc(-c3cc(-c4cccc5c4sc4ccc6c(c7ccccc7n6-c6ccccc6)c45)cnc3-c3cccc4c3sc3ccc5c(c6ccccc6n5-c5ccccc5)c34)n2)cc1. The average molecular weight is 1010 g/mol. The summed E-state index contributed by atoms with van der Waals surface area (Å²) in [5, 5.41) is 9.91. The van der Waals surface area contributed by atoms with E-state index in [0.717, 1.165) is 55.1 Å². The Morgan fingerprint density at radius 3 is 1.26 bits per heavy atom. The Kier molecular flexibility index (Phi) is 9.57. The summed E-state index contributed by atoms with van der Waals surface area (Å²) in [4.78, 5) is 21.5. The molecule has 8 heteroatoms. The third-order valence-electron chi connectivity index (χ3n) is 15.0. The number of fused-ring (bicyclic) bond motifs is 14. The van der Waals surface area contributed by atoms with Gasteiger partial charge in [-0.15, -0.1) is 22.7 Å². The fraction of sp³-hybridized carbons (Fsp3) is 0. The normalized spacial score (nSPS) is 11.9. The molecule has 0 amide bonds. The molecule has 0 aliphatic heterocycles. The first-order valence-corrected chi connectivity index (χ1v) is 27.1. The fourth-order valence-electron chi connectivity index (χ4n) is 11.7. The Morgan fingerprint density at radius 1 is 0.303 bits per heavy atom. The number of nitrogens with zero attached hydrogens (tertiary/aromatic N) is 6. The van der Waals surface area contributed by atoms with Crippen molar-refractivity contribution in [1.29, 1.82) is 0 Å². The lowest BCUT2D eigenvalue weighted by Gasteiger charge is -2.14. The number of thiophene rings is 2. The third-order valence-corrected chi connectivity index (χ3v) is 17.4. The number of para-hydroxylation sites is 4. The van der Waals surface area contributed by atoms with Crippen LogP contribution in [0.3, 0.4) is 0 Å². The minimum absolute atomic E-state index is 0.558. The fourth-order valence-corrected chi connectivity index (χ4v) is 14.2. The van der Waals surface area contributed by atoms with Gasteiger partial charge in [0.1, 0.15) is 0 Å². The van der Waals surface area contributed by atoms with Crippen LogP contribution in [-0.2, 0) is 0 Å². The van der Waals surface area contributed by atoms with Crippen LogP contribution >= 0.6 is 22.7 Å². The molecule has 0 atom stereocenters. The van der Waals surface area contributed by atoms with Crippen molar-refractivity contribution in [3.05, 3.63) is 243 Å². The van der Waals surface area contributed by atoms with Crippen LogP contribution in [0.2, 0.25) is 0 Å². The van der Waals surface area contributed by atoms with Crippen molar-refractivity contribution >= 4 is 107 Å². The van der Waals surface area contributed by atoms with E-state index < -0.39 is 0 Å². The second-order valence-electron chi connectivity index (χ2n) is 19.3. The maximum absolute atomic E-state index is 5.57. The molecule has 6 nitrogen and oxygen atoms in total. The van der Waals surface area contributed by atoms with Gasteiger partial charge in [-0.25, -0.2) is 15.0 Å². The predicted octanol–water partition coefficient (Wildman–Crippen LogP) is 18.5. The van der Waals surface area contributed by atoms with Crippen LogP contribution in [0.15, 0.2) is 243 Å². The number of pyridine rings is 1. The van der Waals surface area contributed by atoms with Gasteiger partial charge < -0.3 is 9.13 Å². The number of rotatable bonds is 7. The van der Waals surface area contributed by atoms with Gasteiger partial charge in [-0.2, -0.15) is 0 Å². The van der Waals surface area contributed by atoms with E-state index in [9.17, 15) is 0 Å². The van der Waals surface area contributed by atoms with Gasteiger partial charge in [0.15, 0.2) is 17.5 Å². The van der Waals surface area contributed by atoms with Crippen molar-refractivity contribution in [3.63, 3.8) is 0 Å². The molecule has 0 saturated carbocycles. The highest BCUT2D eigenvalue weighted by Gasteiger charge is 2.25. The molecule has 0 aliphatic carbocycles. The standard InChI is InChI=1S/C68H40N6S2/c1-5-19-41(20-6-1)66-70-67(42-21-7-2-8-22-42)72-68(71-66)52-39-43(46-29-17-30-49-61-57(75-64(46)49)37-35-55-59(61)47-27-13-15-33-53(47)73(55)44-23-9-3-10-24-44)40-69-63(52)51-32-18-31-50-62-58(76-65(50)51)38-36-56-60(62)48-28-14-16-34-54(48)74(56)45-25-11-4-12-26-45/h1-40H. The van der Waals surface area contributed by atoms with Gasteiger partial charge in [0.2, 0.25) is 0 Å². The Labute approximate surface area is 443 Å². The van der Waals surface area contributed by atoms with Crippen LogP contribution in [0, 0.1) is 0 Å². The summed E-state index contributed by atoms with van der Waals surface area (Å²) >= 11 is 3.66. The lowest BCUT2D eigenvalue weighted by molar-refractivity contribution is 1.07. The molecular formula is C68H40N6S2. The van der Waals surface area contributed by atoms with Crippen LogP contribution in [-0.4, -0.2) is 29.1 Å². The van der Waals surface area contributed by atoms with Crippen molar-refractivity contribution in [1.82, 2.24) is 29.1 Å². The van der Waals surface area contributed by atoms with Crippen molar-refractivity contribution < 1.29 is 0 Å². The van der Waals surface area contributed by atoms with Crippen LogP contribution in [0.25, 0.3) is 152 Å². The quantitative estimate of drug-likeness (QED) is 0.160. The van der Waals surface area contributed by atoms with Gasteiger partial charge in [0.25, 0.3) is 0 Å². The zero-order chi connectivity index (χ0) is 49.8. The van der Waals surface area contributed by atoms with Crippen molar-refractivity contribution in [2.45, 2.75) is 0 Å². The first-order valence-electron chi connectivity index (χ1n) is 25.5. The van der Waals surface area contributed by atoms with E-state index >= 15 is 0 Å². The molecule has 0 spiro atoms. The van der Waals surface area contributed by atoms with Crippen LogP contribution in [0.5, 0.6) is 0 Å².